The average Bonchev–Trinajstić information content (AvgIpc) is 2.43. The van der Waals surface area contributed by atoms with Gasteiger partial charge in [-0.05, 0) is 60.2 Å². The number of nitrogens with two attached hydrogens (primary N) is 1. The molecule has 0 aliphatic rings. The highest BCUT2D eigenvalue weighted by atomic mass is 16.1. The van der Waals surface area contributed by atoms with E-state index in [1.165, 1.54) is 11.1 Å². The number of fused-ring (bicyclic) bond motifs is 1. The van der Waals surface area contributed by atoms with Crippen LogP contribution in [0.1, 0.15) is 16.7 Å². The molecule has 0 unspecified atom stereocenters. The molecule has 0 aliphatic heterocycles. The third kappa shape index (κ3) is 2.43. The van der Waals surface area contributed by atoms with E-state index in [1.807, 2.05) is 49.4 Å². The lowest BCUT2D eigenvalue weighted by Crippen LogP contribution is -2.08. The summed E-state index contributed by atoms with van der Waals surface area (Å²) in [5, 5.41) is 1.06. The lowest BCUT2D eigenvalue weighted by atomic mass is 10.0. The molecule has 3 heteroatoms. The predicted molar refractivity (Wildman–Crippen MR) is 83.0 cm³/mol. The van der Waals surface area contributed by atoms with E-state index < -0.39 is 0 Å². The first-order chi connectivity index (χ1) is 9.61. The van der Waals surface area contributed by atoms with Gasteiger partial charge in [0.25, 0.3) is 5.56 Å². The first-order valence-corrected chi connectivity index (χ1v) is 6.59. The summed E-state index contributed by atoms with van der Waals surface area (Å²) >= 11 is 0. The van der Waals surface area contributed by atoms with Crippen molar-refractivity contribution in [3.05, 3.63) is 75.6 Å². The van der Waals surface area contributed by atoms with Crippen LogP contribution < -0.4 is 11.3 Å². The maximum Gasteiger partial charge on any atom is 0.251 e. The lowest BCUT2D eigenvalue weighted by molar-refractivity contribution is 1.19. The molecule has 1 aromatic heterocycles. The fourth-order valence-corrected chi connectivity index (χ4v) is 2.35. The van der Waals surface area contributed by atoms with E-state index in [4.69, 9.17) is 5.73 Å². The molecule has 100 valence electrons. The second kappa shape index (κ2) is 4.85. The highest BCUT2D eigenvalue weighted by molar-refractivity contribution is 5.79. The number of nitrogen functional groups attached to an aromatic ring is 1. The smallest absolute Gasteiger partial charge is 0.251 e. The van der Waals surface area contributed by atoms with Crippen molar-refractivity contribution in [3.8, 4) is 0 Å². The van der Waals surface area contributed by atoms with Gasteiger partial charge in [0, 0.05) is 16.8 Å². The monoisotopic (exact) mass is 264 g/mol. The van der Waals surface area contributed by atoms with E-state index in [0.29, 0.717) is 0 Å². The number of aryl methyl sites for hydroxylation is 1. The van der Waals surface area contributed by atoms with Crippen molar-refractivity contribution < 1.29 is 0 Å². The first kappa shape index (κ1) is 12.5. The summed E-state index contributed by atoms with van der Waals surface area (Å²) in [6.45, 7) is 1.82. The highest BCUT2D eigenvalue weighted by Crippen LogP contribution is 2.17. The van der Waals surface area contributed by atoms with Crippen molar-refractivity contribution in [3.63, 3.8) is 0 Å². The molecule has 1 heterocycles. The zero-order chi connectivity index (χ0) is 14.1. The summed E-state index contributed by atoms with van der Waals surface area (Å²) in [5.41, 5.74) is 10.5. The van der Waals surface area contributed by atoms with Crippen LogP contribution >= 0.6 is 0 Å². The van der Waals surface area contributed by atoms with Gasteiger partial charge >= 0.3 is 0 Å². The third-order valence-electron chi connectivity index (χ3n) is 3.48. The Labute approximate surface area is 117 Å². The summed E-state index contributed by atoms with van der Waals surface area (Å²) in [4.78, 5) is 14.5. The van der Waals surface area contributed by atoms with Crippen molar-refractivity contribution in [1.29, 1.82) is 0 Å². The van der Waals surface area contributed by atoms with Gasteiger partial charge in [-0.2, -0.15) is 0 Å². The van der Waals surface area contributed by atoms with Gasteiger partial charge in [0.05, 0.1) is 0 Å². The molecule has 20 heavy (non-hydrogen) atoms. The summed E-state index contributed by atoms with van der Waals surface area (Å²) in [5.74, 6) is 0. The number of pyridine rings is 1. The van der Waals surface area contributed by atoms with E-state index in [9.17, 15) is 4.79 Å². The Morgan fingerprint density at radius 2 is 1.70 bits per heavy atom. The molecule has 2 aromatic carbocycles. The average molecular weight is 264 g/mol. The summed E-state index contributed by atoms with van der Waals surface area (Å²) < 4.78 is 0. The molecule has 3 nitrogen and oxygen atoms in total. The van der Waals surface area contributed by atoms with Crippen LogP contribution in [0.2, 0.25) is 0 Å². The lowest BCUT2D eigenvalue weighted by Gasteiger charge is -2.05. The zero-order valence-corrected chi connectivity index (χ0v) is 11.3. The fraction of sp³-hybridized carbons (Fsp3) is 0.118. The van der Waals surface area contributed by atoms with Crippen molar-refractivity contribution in [2.45, 2.75) is 13.3 Å². The van der Waals surface area contributed by atoms with Gasteiger partial charge in [0.15, 0.2) is 0 Å². The Bertz CT molecular complexity index is 817. The Kier molecular flexibility index (Phi) is 3.03. The Balaban J connectivity index is 1.98. The van der Waals surface area contributed by atoms with E-state index in [-0.39, 0.29) is 5.56 Å². The standard InChI is InChI=1S/C17H16N2O/c1-11-8-14-10-13(4-7-16(14)19-17(11)20)9-12-2-5-15(18)6-3-12/h2-8,10H,9,18H2,1H3,(H,19,20). The van der Waals surface area contributed by atoms with Crippen LogP contribution in [0.25, 0.3) is 10.9 Å². The molecule has 0 atom stereocenters. The number of anilines is 1. The molecule has 0 aliphatic carbocycles. The van der Waals surface area contributed by atoms with Crippen molar-refractivity contribution in [2.75, 3.05) is 5.73 Å². The van der Waals surface area contributed by atoms with Gasteiger partial charge in [-0.3, -0.25) is 4.79 Å². The second-order valence-electron chi connectivity index (χ2n) is 5.12. The van der Waals surface area contributed by atoms with E-state index in [2.05, 4.69) is 11.1 Å². The molecule has 0 saturated carbocycles. The quantitative estimate of drug-likeness (QED) is 0.699. The van der Waals surface area contributed by atoms with Crippen molar-refractivity contribution in [2.24, 2.45) is 0 Å². The topological polar surface area (TPSA) is 58.9 Å². The molecule has 0 saturated heterocycles. The molecule has 0 amide bonds. The zero-order valence-electron chi connectivity index (χ0n) is 11.3. The van der Waals surface area contributed by atoms with Crippen LogP contribution in [-0.4, -0.2) is 4.98 Å². The maximum absolute atomic E-state index is 11.6. The van der Waals surface area contributed by atoms with E-state index >= 15 is 0 Å². The number of hydrogen-bond donors (Lipinski definition) is 2. The minimum absolute atomic E-state index is 0.0243. The number of aromatic amines is 1. The van der Waals surface area contributed by atoms with Crippen LogP contribution in [0.3, 0.4) is 0 Å². The molecule has 3 rings (SSSR count). The molecule has 0 spiro atoms. The largest absolute Gasteiger partial charge is 0.399 e. The summed E-state index contributed by atoms with van der Waals surface area (Å²) in [7, 11) is 0. The molecule has 3 N–H and O–H groups in total. The van der Waals surface area contributed by atoms with Gasteiger partial charge in [0.2, 0.25) is 0 Å². The molecule has 0 radical (unpaired) electrons. The number of aromatic nitrogens is 1. The van der Waals surface area contributed by atoms with Crippen LogP contribution in [0, 0.1) is 6.92 Å². The second-order valence-corrected chi connectivity index (χ2v) is 5.12. The highest BCUT2D eigenvalue weighted by Gasteiger charge is 2.01. The van der Waals surface area contributed by atoms with Gasteiger partial charge in [-0.15, -0.1) is 0 Å². The van der Waals surface area contributed by atoms with E-state index in [1.54, 1.807) is 0 Å². The third-order valence-corrected chi connectivity index (χ3v) is 3.48. The minimum atomic E-state index is -0.0243. The molecular formula is C17H16N2O. The number of H-pyrrole nitrogens is 1. The SMILES string of the molecule is Cc1cc2cc(Cc3ccc(N)cc3)ccc2[nH]c1=O. The van der Waals surface area contributed by atoms with Crippen LogP contribution in [0.4, 0.5) is 5.69 Å². The van der Waals surface area contributed by atoms with Crippen molar-refractivity contribution in [1.82, 2.24) is 4.98 Å². The van der Waals surface area contributed by atoms with Gasteiger partial charge in [-0.1, -0.05) is 18.2 Å². The predicted octanol–water partition coefficient (Wildman–Crippen LogP) is 3.01. The number of benzene rings is 2. The van der Waals surface area contributed by atoms with Crippen LogP contribution in [0.5, 0.6) is 0 Å². The van der Waals surface area contributed by atoms with E-state index in [0.717, 1.165) is 28.6 Å². The van der Waals surface area contributed by atoms with Crippen molar-refractivity contribution >= 4 is 16.6 Å². The van der Waals surface area contributed by atoms with Crippen LogP contribution in [0.15, 0.2) is 53.3 Å². The first-order valence-electron chi connectivity index (χ1n) is 6.59. The Hall–Kier alpha value is -2.55. The van der Waals surface area contributed by atoms with Gasteiger partial charge in [-0.25, -0.2) is 0 Å². The Morgan fingerprint density at radius 3 is 2.45 bits per heavy atom. The summed E-state index contributed by atoms with van der Waals surface area (Å²) in [6, 6.07) is 16.0. The summed E-state index contributed by atoms with van der Waals surface area (Å²) in [6.07, 6.45) is 0.856. The van der Waals surface area contributed by atoms with Crippen LogP contribution in [-0.2, 0) is 6.42 Å². The minimum Gasteiger partial charge on any atom is -0.399 e. The van der Waals surface area contributed by atoms with Gasteiger partial charge in [0.1, 0.15) is 0 Å². The normalized spacial score (nSPS) is 10.8. The maximum atomic E-state index is 11.6. The number of rotatable bonds is 2. The fourth-order valence-electron chi connectivity index (χ4n) is 2.35. The van der Waals surface area contributed by atoms with Gasteiger partial charge < -0.3 is 10.7 Å². The molecular weight excluding hydrogens is 248 g/mol. The molecule has 0 bridgehead atoms. The number of hydrogen-bond acceptors (Lipinski definition) is 2. The number of nitrogens with one attached hydrogen (secondary N) is 1. The molecule has 0 fully saturated rings. The molecule has 3 aromatic rings. The Morgan fingerprint density at radius 1 is 1.00 bits per heavy atom.